The predicted molar refractivity (Wildman–Crippen MR) is 99.4 cm³/mol. The molecule has 0 saturated heterocycles. The summed E-state index contributed by atoms with van der Waals surface area (Å²) < 4.78 is 5.15. The summed E-state index contributed by atoms with van der Waals surface area (Å²) >= 11 is 1.33. The second kappa shape index (κ2) is 8.30. The van der Waals surface area contributed by atoms with Crippen LogP contribution in [0.5, 0.6) is 0 Å². The number of nitrogens with zero attached hydrogens (tertiary/aromatic N) is 2. The number of aromatic nitrogens is 1. The molecule has 0 saturated carbocycles. The van der Waals surface area contributed by atoms with E-state index in [1.54, 1.807) is 30.8 Å². The molecule has 134 valence electrons. The summed E-state index contributed by atoms with van der Waals surface area (Å²) in [5, 5.41) is 8.14. The second-order valence-electron chi connectivity index (χ2n) is 5.55. The maximum Gasteiger partial charge on any atom is 0.273 e. The van der Waals surface area contributed by atoms with Crippen LogP contribution < -0.4 is 10.6 Å². The number of furan rings is 1. The van der Waals surface area contributed by atoms with Crippen molar-refractivity contribution in [2.75, 3.05) is 18.9 Å². The lowest BCUT2D eigenvalue weighted by molar-refractivity contribution is -0.121. The van der Waals surface area contributed by atoms with Crippen LogP contribution in [0.1, 0.15) is 16.2 Å². The van der Waals surface area contributed by atoms with Gasteiger partial charge in [0.25, 0.3) is 5.91 Å². The van der Waals surface area contributed by atoms with E-state index in [4.69, 9.17) is 4.42 Å². The van der Waals surface area contributed by atoms with E-state index in [1.165, 1.54) is 16.2 Å². The molecule has 0 aliphatic rings. The Morgan fingerprint density at radius 3 is 2.73 bits per heavy atom. The number of rotatable bonds is 7. The van der Waals surface area contributed by atoms with Gasteiger partial charge in [0.05, 0.1) is 19.4 Å². The fourth-order valence-corrected chi connectivity index (χ4v) is 2.92. The van der Waals surface area contributed by atoms with Crippen LogP contribution in [0.15, 0.2) is 58.5 Å². The molecule has 0 spiro atoms. The van der Waals surface area contributed by atoms with Crippen LogP contribution in [0.4, 0.5) is 10.8 Å². The van der Waals surface area contributed by atoms with Gasteiger partial charge in [-0.1, -0.05) is 18.2 Å². The summed E-state index contributed by atoms with van der Waals surface area (Å²) in [6.45, 7) is 0.230. The average Bonchev–Trinajstić information content (AvgIpc) is 3.32. The van der Waals surface area contributed by atoms with Crippen molar-refractivity contribution >= 4 is 34.0 Å². The number of nitrogens with one attached hydrogen (secondary N) is 2. The number of hydrogen-bond acceptors (Lipinski definition) is 6. The Hall–Kier alpha value is -3.13. The van der Waals surface area contributed by atoms with Gasteiger partial charge in [0, 0.05) is 18.1 Å². The minimum Gasteiger partial charge on any atom is -0.467 e. The first-order chi connectivity index (χ1) is 12.6. The van der Waals surface area contributed by atoms with Crippen LogP contribution in [-0.4, -0.2) is 35.3 Å². The third kappa shape index (κ3) is 4.70. The molecule has 1 aromatic carbocycles. The molecule has 2 aromatic heterocycles. The zero-order valence-electron chi connectivity index (χ0n) is 14.1. The normalized spacial score (nSPS) is 10.3. The molecule has 0 atom stereocenters. The first kappa shape index (κ1) is 17.7. The van der Waals surface area contributed by atoms with Gasteiger partial charge in [0.15, 0.2) is 5.13 Å². The quantitative estimate of drug-likeness (QED) is 0.668. The van der Waals surface area contributed by atoms with Crippen molar-refractivity contribution < 1.29 is 14.0 Å². The van der Waals surface area contributed by atoms with Gasteiger partial charge >= 0.3 is 0 Å². The van der Waals surface area contributed by atoms with Crippen molar-refractivity contribution in [3.05, 3.63) is 65.6 Å². The van der Waals surface area contributed by atoms with Crippen LogP contribution in [0.2, 0.25) is 0 Å². The molecule has 2 heterocycles. The highest BCUT2D eigenvalue weighted by atomic mass is 32.1. The molecule has 0 aliphatic carbocycles. The first-order valence-corrected chi connectivity index (χ1v) is 8.82. The molecule has 0 unspecified atom stereocenters. The molecule has 7 nitrogen and oxygen atoms in total. The highest BCUT2D eigenvalue weighted by Crippen LogP contribution is 2.21. The molecule has 0 aliphatic heterocycles. The van der Waals surface area contributed by atoms with Crippen molar-refractivity contribution in [1.82, 2.24) is 15.2 Å². The zero-order valence-corrected chi connectivity index (χ0v) is 15.0. The lowest BCUT2D eigenvalue weighted by Gasteiger charge is -2.15. The number of carbonyl (C=O) groups excluding carboxylic acids is 2. The van der Waals surface area contributed by atoms with Crippen LogP contribution in [0, 0.1) is 0 Å². The Morgan fingerprint density at radius 2 is 2.00 bits per heavy atom. The van der Waals surface area contributed by atoms with Crippen molar-refractivity contribution in [1.29, 1.82) is 0 Å². The molecule has 26 heavy (non-hydrogen) atoms. The molecule has 8 heteroatoms. The van der Waals surface area contributed by atoms with Crippen molar-refractivity contribution in [2.24, 2.45) is 0 Å². The van der Waals surface area contributed by atoms with E-state index in [2.05, 4.69) is 15.6 Å². The van der Waals surface area contributed by atoms with E-state index in [9.17, 15) is 9.59 Å². The number of thiazole rings is 1. The number of para-hydroxylation sites is 1. The molecular formula is C18H18N4O3S. The average molecular weight is 370 g/mol. The van der Waals surface area contributed by atoms with Gasteiger partial charge < -0.3 is 20.0 Å². The Labute approximate surface area is 154 Å². The van der Waals surface area contributed by atoms with Gasteiger partial charge in [-0.05, 0) is 24.3 Å². The summed E-state index contributed by atoms with van der Waals surface area (Å²) in [5.41, 5.74) is 1.20. The van der Waals surface area contributed by atoms with Gasteiger partial charge in [-0.3, -0.25) is 9.59 Å². The summed E-state index contributed by atoms with van der Waals surface area (Å²) in [4.78, 5) is 30.0. The van der Waals surface area contributed by atoms with Crippen molar-refractivity contribution in [2.45, 2.75) is 6.54 Å². The first-order valence-electron chi connectivity index (χ1n) is 7.94. The summed E-state index contributed by atoms with van der Waals surface area (Å²) in [5.74, 6) is 0.0779. The van der Waals surface area contributed by atoms with Gasteiger partial charge in [-0.25, -0.2) is 4.98 Å². The molecular weight excluding hydrogens is 352 g/mol. The van der Waals surface area contributed by atoms with E-state index >= 15 is 0 Å². The van der Waals surface area contributed by atoms with Gasteiger partial charge in [-0.2, -0.15) is 0 Å². The Balaban J connectivity index is 1.52. The van der Waals surface area contributed by atoms with E-state index in [0.717, 1.165) is 5.69 Å². The molecule has 2 amide bonds. The van der Waals surface area contributed by atoms with Gasteiger partial charge in [0.2, 0.25) is 5.91 Å². The van der Waals surface area contributed by atoms with Crippen LogP contribution in [0.25, 0.3) is 0 Å². The third-order valence-electron chi connectivity index (χ3n) is 3.52. The van der Waals surface area contributed by atoms with E-state index < -0.39 is 0 Å². The molecule has 3 aromatic rings. The minimum absolute atomic E-state index is 0.0570. The van der Waals surface area contributed by atoms with Crippen LogP contribution in [-0.2, 0) is 11.3 Å². The maximum atomic E-state index is 12.4. The number of benzene rings is 1. The van der Waals surface area contributed by atoms with Crippen LogP contribution >= 0.6 is 11.3 Å². The molecule has 0 radical (unpaired) electrons. The van der Waals surface area contributed by atoms with E-state index in [1.807, 2.05) is 30.3 Å². The zero-order chi connectivity index (χ0) is 18.4. The Kier molecular flexibility index (Phi) is 5.65. The summed E-state index contributed by atoms with van der Waals surface area (Å²) in [7, 11) is 1.57. The number of anilines is 2. The fraction of sp³-hybridized carbons (Fsp3) is 0.167. The number of likely N-dealkylation sites (N-methyl/N-ethyl adjacent to an activating group) is 1. The Morgan fingerprint density at radius 1 is 1.19 bits per heavy atom. The molecule has 0 fully saturated rings. The van der Waals surface area contributed by atoms with Crippen molar-refractivity contribution in [3.63, 3.8) is 0 Å². The lowest BCUT2D eigenvalue weighted by Crippen LogP contribution is -2.38. The van der Waals surface area contributed by atoms with Gasteiger partial charge in [0.1, 0.15) is 11.5 Å². The highest BCUT2D eigenvalue weighted by Gasteiger charge is 2.18. The SMILES string of the molecule is CN(CC(=O)NCc1ccco1)C(=O)c1csc(Nc2ccccc2)n1. The summed E-state index contributed by atoms with van der Waals surface area (Å²) in [6, 6.07) is 13.1. The maximum absolute atomic E-state index is 12.4. The molecule has 3 rings (SSSR count). The standard InChI is InChI=1S/C18H18N4O3S/c1-22(11-16(23)19-10-14-8-5-9-25-14)17(24)15-12-26-18(21-15)20-13-6-3-2-4-7-13/h2-9,12H,10-11H2,1H3,(H,19,23)(H,20,21). The topological polar surface area (TPSA) is 87.5 Å². The number of amides is 2. The fourth-order valence-electron chi connectivity index (χ4n) is 2.21. The van der Waals surface area contributed by atoms with Crippen LogP contribution in [0.3, 0.4) is 0 Å². The second-order valence-corrected chi connectivity index (χ2v) is 6.40. The Bertz CT molecular complexity index is 862. The summed E-state index contributed by atoms with van der Waals surface area (Å²) in [6.07, 6.45) is 1.54. The largest absolute Gasteiger partial charge is 0.467 e. The predicted octanol–water partition coefficient (Wildman–Crippen LogP) is 2.87. The van der Waals surface area contributed by atoms with E-state index in [0.29, 0.717) is 16.6 Å². The van der Waals surface area contributed by atoms with Gasteiger partial charge in [-0.15, -0.1) is 11.3 Å². The highest BCUT2D eigenvalue weighted by molar-refractivity contribution is 7.14. The van der Waals surface area contributed by atoms with E-state index in [-0.39, 0.29) is 24.9 Å². The number of carbonyl (C=O) groups is 2. The number of hydrogen-bond donors (Lipinski definition) is 2. The minimum atomic E-state index is -0.310. The smallest absolute Gasteiger partial charge is 0.273 e. The third-order valence-corrected chi connectivity index (χ3v) is 4.27. The van der Waals surface area contributed by atoms with Crippen molar-refractivity contribution in [3.8, 4) is 0 Å². The monoisotopic (exact) mass is 370 g/mol. The molecule has 0 bridgehead atoms. The lowest BCUT2D eigenvalue weighted by atomic mass is 10.3. The molecule has 2 N–H and O–H groups in total.